The molecular formula is C11H10Br2F3NO2. The van der Waals surface area contributed by atoms with E-state index in [0.29, 0.717) is 4.47 Å². The van der Waals surface area contributed by atoms with E-state index in [1.807, 2.05) is 0 Å². The van der Waals surface area contributed by atoms with E-state index in [1.165, 1.54) is 13.2 Å². The van der Waals surface area contributed by atoms with E-state index in [4.69, 9.17) is 0 Å². The topological polar surface area (TPSA) is 38.3 Å². The van der Waals surface area contributed by atoms with Gasteiger partial charge in [0.25, 0.3) is 0 Å². The van der Waals surface area contributed by atoms with Gasteiger partial charge in [-0.15, -0.1) is 0 Å². The molecule has 1 atom stereocenters. The van der Waals surface area contributed by atoms with Gasteiger partial charge in [-0.05, 0) is 34.1 Å². The van der Waals surface area contributed by atoms with Gasteiger partial charge in [-0.3, -0.25) is 4.79 Å². The zero-order valence-corrected chi connectivity index (χ0v) is 12.9. The number of halogens is 5. The third-order valence-corrected chi connectivity index (χ3v) is 3.61. The molecule has 1 N–H and O–H groups in total. The van der Waals surface area contributed by atoms with E-state index in [2.05, 4.69) is 41.9 Å². The summed E-state index contributed by atoms with van der Waals surface area (Å²) in [7, 11) is 1.23. The molecular weight excluding hydrogens is 395 g/mol. The first-order valence-corrected chi connectivity index (χ1v) is 6.79. The Morgan fingerprint density at radius 3 is 2.63 bits per heavy atom. The molecule has 0 amide bonds. The van der Waals surface area contributed by atoms with Gasteiger partial charge in [0.05, 0.1) is 12.7 Å². The third kappa shape index (κ3) is 4.68. The van der Waals surface area contributed by atoms with Gasteiger partial charge in [-0.25, -0.2) is 0 Å². The minimum Gasteiger partial charge on any atom is -0.468 e. The fourth-order valence-corrected chi connectivity index (χ4v) is 1.98. The number of ether oxygens (including phenoxy) is 1. The Hall–Kier alpha value is -0.760. The minimum absolute atomic E-state index is 0.104. The van der Waals surface area contributed by atoms with Gasteiger partial charge in [-0.1, -0.05) is 15.9 Å². The van der Waals surface area contributed by atoms with Crippen LogP contribution in [0.4, 0.5) is 18.9 Å². The minimum atomic E-state index is -4.41. The highest BCUT2D eigenvalue weighted by atomic mass is 79.9. The van der Waals surface area contributed by atoms with Gasteiger partial charge in [0.1, 0.15) is 4.83 Å². The molecule has 0 aliphatic rings. The number of rotatable bonds is 4. The van der Waals surface area contributed by atoms with Crippen LogP contribution >= 0.6 is 31.9 Å². The first-order valence-electron chi connectivity index (χ1n) is 5.08. The van der Waals surface area contributed by atoms with Crippen LogP contribution in [0.5, 0.6) is 0 Å². The summed E-state index contributed by atoms with van der Waals surface area (Å²) in [4.78, 5) is 10.5. The normalized spacial score (nSPS) is 12.9. The quantitative estimate of drug-likeness (QED) is 0.612. The molecule has 1 unspecified atom stereocenters. The fraction of sp³-hybridized carbons (Fsp3) is 0.364. The summed E-state index contributed by atoms with van der Waals surface area (Å²) < 4.78 is 42.6. The molecule has 0 aromatic heterocycles. The van der Waals surface area contributed by atoms with Crippen LogP contribution in [-0.4, -0.2) is 24.5 Å². The van der Waals surface area contributed by atoms with Crippen molar-refractivity contribution in [3.63, 3.8) is 0 Å². The molecule has 0 saturated heterocycles. The highest BCUT2D eigenvalue weighted by Crippen LogP contribution is 2.33. The zero-order chi connectivity index (χ0) is 14.6. The number of carbonyl (C=O) groups excluding carboxylic acids is 1. The summed E-state index contributed by atoms with van der Waals surface area (Å²) in [6.45, 7) is 0.104. The van der Waals surface area contributed by atoms with Crippen LogP contribution in [0.2, 0.25) is 0 Å². The van der Waals surface area contributed by atoms with Gasteiger partial charge in [0, 0.05) is 16.7 Å². The van der Waals surface area contributed by atoms with Crippen molar-refractivity contribution < 1.29 is 22.7 Å². The van der Waals surface area contributed by atoms with Crippen LogP contribution in [0.15, 0.2) is 22.7 Å². The summed E-state index contributed by atoms with van der Waals surface area (Å²) in [6, 6.07) is 3.24. The maximum atomic E-state index is 12.6. The highest BCUT2D eigenvalue weighted by molar-refractivity contribution is 9.10. The maximum absolute atomic E-state index is 12.6. The smallest absolute Gasteiger partial charge is 0.416 e. The number of alkyl halides is 4. The number of anilines is 1. The van der Waals surface area contributed by atoms with Gasteiger partial charge in [0.15, 0.2) is 0 Å². The summed E-state index contributed by atoms with van der Waals surface area (Å²) >= 11 is 6.21. The van der Waals surface area contributed by atoms with Crippen LogP contribution in [0.25, 0.3) is 0 Å². The summed E-state index contributed by atoms with van der Waals surface area (Å²) in [5.74, 6) is -0.504. The number of esters is 1. The molecule has 3 nitrogen and oxygen atoms in total. The van der Waals surface area contributed by atoms with E-state index in [0.717, 1.165) is 12.1 Å². The average molecular weight is 405 g/mol. The predicted molar refractivity (Wildman–Crippen MR) is 72.4 cm³/mol. The standard InChI is InChI=1S/C11H10Br2F3NO2/c1-19-10(18)8(13)5-17-9-4-6(11(14,15)16)2-3-7(9)12/h2-4,8,17H,5H2,1H3. The lowest BCUT2D eigenvalue weighted by molar-refractivity contribution is -0.139. The zero-order valence-electron chi connectivity index (χ0n) is 9.72. The van der Waals surface area contributed by atoms with Crippen LogP contribution in [0.1, 0.15) is 5.56 Å². The van der Waals surface area contributed by atoms with Crippen LogP contribution in [-0.2, 0) is 15.7 Å². The summed E-state index contributed by atoms with van der Waals surface area (Å²) in [5.41, 5.74) is -0.509. The Morgan fingerprint density at radius 1 is 1.47 bits per heavy atom. The number of carbonyl (C=O) groups is 1. The molecule has 19 heavy (non-hydrogen) atoms. The van der Waals surface area contributed by atoms with Gasteiger partial charge in [-0.2, -0.15) is 13.2 Å². The molecule has 106 valence electrons. The summed E-state index contributed by atoms with van der Waals surface area (Å²) in [6.07, 6.45) is -4.41. The Labute approximate surface area is 124 Å². The Balaban J connectivity index is 2.81. The second kappa shape index (κ2) is 6.60. The number of hydrogen-bond acceptors (Lipinski definition) is 3. The molecule has 0 bridgehead atoms. The van der Waals surface area contributed by atoms with E-state index < -0.39 is 22.5 Å². The largest absolute Gasteiger partial charge is 0.468 e. The number of benzene rings is 1. The lowest BCUT2D eigenvalue weighted by atomic mass is 10.2. The lowest BCUT2D eigenvalue weighted by Crippen LogP contribution is -2.24. The van der Waals surface area contributed by atoms with E-state index in [-0.39, 0.29) is 12.2 Å². The van der Waals surface area contributed by atoms with Crippen molar-refractivity contribution in [3.05, 3.63) is 28.2 Å². The van der Waals surface area contributed by atoms with Crippen molar-refractivity contribution in [2.24, 2.45) is 0 Å². The van der Waals surface area contributed by atoms with Crippen LogP contribution in [0, 0.1) is 0 Å². The van der Waals surface area contributed by atoms with Gasteiger partial charge < -0.3 is 10.1 Å². The molecule has 0 radical (unpaired) electrons. The monoisotopic (exact) mass is 403 g/mol. The van der Waals surface area contributed by atoms with Crippen molar-refractivity contribution in [3.8, 4) is 0 Å². The van der Waals surface area contributed by atoms with Crippen molar-refractivity contribution >= 4 is 43.5 Å². The molecule has 8 heteroatoms. The van der Waals surface area contributed by atoms with Crippen molar-refractivity contribution in [1.29, 1.82) is 0 Å². The van der Waals surface area contributed by atoms with Crippen LogP contribution < -0.4 is 5.32 Å². The van der Waals surface area contributed by atoms with E-state index >= 15 is 0 Å². The van der Waals surface area contributed by atoms with Crippen molar-refractivity contribution in [2.45, 2.75) is 11.0 Å². The third-order valence-electron chi connectivity index (χ3n) is 2.22. The van der Waals surface area contributed by atoms with Crippen molar-refractivity contribution in [2.75, 3.05) is 19.0 Å². The second-order valence-electron chi connectivity index (χ2n) is 3.56. The van der Waals surface area contributed by atoms with E-state index in [1.54, 1.807) is 0 Å². The molecule has 0 saturated carbocycles. The molecule has 1 aromatic rings. The van der Waals surface area contributed by atoms with Crippen LogP contribution in [0.3, 0.4) is 0 Å². The Kier molecular flexibility index (Phi) is 5.66. The Bertz CT molecular complexity index is 466. The highest BCUT2D eigenvalue weighted by Gasteiger charge is 2.31. The predicted octanol–water partition coefficient (Wildman–Crippen LogP) is 3.82. The number of methoxy groups -OCH3 is 1. The Morgan fingerprint density at radius 2 is 2.11 bits per heavy atom. The number of nitrogens with one attached hydrogen (secondary N) is 1. The molecule has 0 fully saturated rings. The fourth-order valence-electron chi connectivity index (χ4n) is 1.25. The number of hydrogen-bond donors (Lipinski definition) is 1. The molecule has 0 aliphatic carbocycles. The average Bonchev–Trinajstić information content (AvgIpc) is 2.35. The van der Waals surface area contributed by atoms with Gasteiger partial charge in [0.2, 0.25) is 0 Å². The molecule has 1 aromatic carbocycles. The summed E-state index contributed by atoms with van der Waals surface area (Å²) in [5, 5.41) is 2.75. The SMILES string of the molecule is COC(=O)C(Br)CNc1cc(C(F)(F)F)ccc1Br. The molecule has 0 heterocycles. The molecule has 1 rings (SSSR count). The van der Waals surface area contributed by atoms with Gasteiger partial charge >= 0.3 is 12.1 Å². The maximum Gasteiger partial charge on any atom is 0.416 e. The molecule has 0 spiro atoms. The second-order valence-corrected chi connectivity index (χ2v) is 5.52. The first-order chi connectivity index (χ1) is 8.75. The first kappa shape index (κ1) is 16.3. The lowest BCUT2D eigenvalue weighted by Gasteiger charge is -2.14. The van der Waals surface area contributed by atoms with Crippen molar-refractivity contribution in [1.82, 2.24) is 0 Å². The van der Waals surface area contributed by atoms with E-state index in [9.17, 15) is 18.0 Å². The molecule has 0 aliphatic heterocycles.